The molecule has 35 nitrogen and oxygen atoms in total. The maximum atomic E-state index is 11.6. The van der Waals surface area contributed by atoms with Crippen molar-refractivity contribution in [2.75, 3.05) is 67.6 Å². The Hall–Kier alpha value is -1.40. The molecule has 21 heterocycles. The third kappa shape index (κ3) is 12.7. The third-order valence-corrected chi connectivity index (χ3v) is 15.4. The molecule has 0 aromatic rings. The largest absolute Gasteiger partial charge is 0.394 e. The van der Waals surface area contributed by atoms with Gasteiger partial charge in [-0.25, -0.2) is 0 Å². The van der Waals surface area contributed by atoms with Crippen LogP contribution in [0.1, 0.15) is 0 Å². The molecule has 0 radical (unpaired) electrons. The highest BCUT2D eigenvalue weighted by Gasteiger charge is 2.60. The fourth-order valence-electron chi connectivity index (χ4n) is 11.0. The van der Waals surface area contributed by atoms with Crippen LogP contribution in [0.15, 0.2) is 0 Å². The zero-order valence-corrected chi connectivity index (χ0v) is 43.1. The van der Waals surface area contributed by atoms with Crippen LogP contribution in [0.4, 0.5) is 0 Å². The van der Waals surface area contributed by atoms with Gasteiger partial charge in [0.05, 0.1) is 46.2 Å². The highest BCUT2D eigenvalue weighted by Crippen LogP contribution is 2.39. The van der Waals surface area contributed by atoms with E-state index in [1.165, 1.54) is 21.3 Å². The van der Waals surface area contributed by atoms with Crippen molar-refractivity contribution < 1.29 is 172 Å². The lowest BCUT2D eigenvalue weighted by atomic mass is 9.95. The van der Waals surface area contributed by atoms with Crippen molar-refractivity contribution >= 4 is 0 Å². The Labute approximate surface area is 454 Å². The van der Waals surface area contributed by atoms with Gasteiger partial charge < -0.3 is 172 Å². The second-order valence-electron chi connectivity index (χ2n) is 20.3. The Kier molecular flexibility index (Phi) is 22.6. The van der Waals surface area contributed by atoms with E-state index in [4.69, 9.17) is 80.5 Å². The summed E-state index contributed by atoms with van der Waals surface area (Å²) in [5.41, 5.74) is 0. The zero-order chi connectivity index (χ0) is 58.2. The lowest BCUT2D eigenvalue weighted by Gasteiger charge is -2.51. The fourth-order valence-corrected chi connectivity index (χ4v) is 11.0. The van der Waals surface area contributed by atoms with E-state index in [1.54, 1.807) is 0 Å². The first kappa shape index (κ1) is 64.6. The molecule has 21 saturated heterocycles. The molecule has 21 aliphatic heterocycles. The van der Waals surface area contributed by atoms with E-state index in [0.29, 0.717) is 0 Å². The van der Waals surface area contributed by atoms with Crippen LogP contribution in [-0.2, 0) is 80.5 Å². The summed E-state index contributed by atoms with van der Waals surface area (Å²) in [5, 5.41) is 200. The fraction of sp³-hybridized carbons (Fsp3) is 1.00. The van der Waals surface area contributed by atoms with Crippen LogP contribution in [0.3, 0.4) is 0 Å². The third-order valence-electron chi connectivity index (χ3n) is 15.4. The topological polar surface area (TPSA) is 521 Å². The molecule has 0 spiro atoms. The molecule has 0 aromatic heterocycles. The smallest absolute Gasteiger partial charge is 0.187 e. The van der Waals surface area contributed by atoms with Gasteiger partial charge in [-0.15, -0.1) is 0 Å². The Morgan fingerprint density at radius 1 is 0.237 bits per heavy atom. The van der Waals surface area contributed by atoms with E-state index >= 15 is 0 Å². The van der Waals surface area contributed by atoms with Gasteiger partial charge in [0.25, 0.3) is 0 Å². The molecule has 466 valence electrons. The van der Waals surface area contributed by atoms with Gasteiger partial charge in [-0.1, -0.05) is 0 Å². The minimum Gasteiger partial charge on any atom is -0.394 e. The molecule has 21 rings (SSSR count). The zero-order valence-electron chi connectivity index (χ0n) is 43.1. The Morgan fingerprint density at radius 2 is 0.438 bits per heavy atom. The predicted molar refractivity (Wildman–Crippen MR) is 243 cm³/mol. The molecule has 0 saturated carbocycles. The van der Waals surface area contributed by atoms with Crippen molar-refractivity contribution in [1.82, 2.24) is 0 Å². The summed E-state index contributed by atoms with van der Waals surface area (Å²) in [5.74, 6) is 0. The van der Waals surface area contributed by atoms with Gasteiger partial charge in [0.1, 0.15) is 171 Å². The van der Waals surface area contributed by atoms with Gasteiger partial charge >= 0.3 is 0 Å². The molecule has 0 aromatic carbocycles. The molecule has 0 amide bonds. The van der Waals surface area contributed by atoms with Crippen molar-refractivity contribution in [3.8, 4) is 0 Å². The van der Waals surface area contributed by atoms with Crippen LogP contribution in [0.5, 0.6) is 0 Å². The highest BCUT2D eigenvalue weighted by atomic mass is 16.8. The van der Waals surface area contributed by atoms with E-state index < -0.39 is 255 Å². The van der Waals surface area contributed by atoms with Crippen LogP contribution in [0.2, 0.25) is 0 Å². The first-order valence-electron chi connectivity index (χ1n) is 25.8. The quantitative estimate of drug-likeness (QED) is 0.0966. The summed E-state index contributed by atoms with van der Waals surface area (Å²) >= 11 is 0. The standard InChI is InChI=1S/C45H76O35/c1-64-10-17-36-37(65-2)38(66-3)45(73-17)79-35-16(9-51)71-43(28(62)23(35)57)77-33-14(7-49)69-41(26(60)21(33)55)75-31-12(5-47)67-39(24(58)19(31)53)74-30-11(4-46)68-40(25(59)18(30)52)76-32-13(6-48)70-42(27(61)20(32)54)78-34-15(8-50)72-44(80-36)29(63)22(34)56/h11-63H,4-10H2,1-3H3/t11-,12-,13-,14-,15-,16-,17-,18-,19-,20-,21-,22-,23-,24-,25-,26-,27-,28-,29-,30-,31-,32-,33-,34-,35-,36+,37-,38-,39-,40-,41-,42-,43-,44-,45-/m1/s1. The number of rotatable bonds is 10. The molecule has 0 aliphatic carbocycles. The number of hydrogen-bond donors (Lipinski definition) is 18. The molecule has 35 atom stereocenters. The van der Waals surface area contributed by atoms with E-state index in [2.05, 4.69) is 0 Å². The number of aliphatic hydroxyl groups excluding tert-OH is 18. The van der Waals surface area contributed by atoms with Crippen LogP contribution < -0.4 is 0 Å². The Morgan fingerprint density at radius 3 is 0.637 bits per heavy atom. The maximum Gasteiger partial charge on any atom is 0.187 e. The number of hydrogen-bond acceptors (Lipinski definition) is 35. The highest BCUT2D eigenvalue weighted by molar-refractivity contribution is 5.02. The molecule has 35 heteroatoms. The van der Waals surface area contributed by atoms with Crippen molar-refractivity contribution in [2.45, 2.75) is 215 Å². The van der Waals surface area contributed by atoms with Gasteiger partial charge in [-0.05, 0) is 0 Å². The molecule has 80 heavy (non-hydrogen) atoms. The molecule has 21 fully saturated rings. The van der Waals surface area contributed by atoms with Gasteiger partial charge in [0, 0.05) is 21.3 Å². The Bertz CT molecular complexity index is 1880. The Balaban J connectivity index is 1.10. The molecule has 18 N–H and O–H groups in total. The van der Waals surface area contributed by atoms with Crippen LogP contribution in [-0.4, -0.2) is 374 Å². The average Bonchev–Trinajstić information content (AvgIpc) is 3.51. The maximum absolute atomic E-state index is 11.6. The van der Waals surface area contributed by atoms with Crippen LogP contribution in [0, 0.1) is 0 Å². The summed E-state index contributed by atoms with van der Waals surface area (Å²) in [7, 11) is 3.71. The van der Waals surface area contributed by atoms with Crippen molar-refractivity contribution in [2.24, 2.45) is 0 Å². The first-order chi connectivity index (χ1) is 38.2. The van der Waals surface area contributed by atoms with Crippen LogP contribution >= 0.6 is 0 Å². The summed E-state index contributed by atoms with van der Waals surface area (Å²) < 4.78 is 98.9. The molecular weight excluding hydrogens is 1100 g/mol. The van der Waals surface area contributed by atoms with Crippen molar-refractivity contribution in [3.63, 3.8) is 0 Å². The van der Waals surface area contributed by atoms with E-state index in [0.717, 1.165) is 0 Å². The lowest BCUT2D eigenvalue weighted by Crippen LogP contribution is -2.68. The SMILES string of the molecule is COC[C@H]1O[C@@H]2O[C@H]3[C@H](O)[C@@H](O)[C@@H](O[C@H]4[C@H](O)[C@@H](O)[C@@H](O[C@H]5[C@H](O)[C@@H](O)[C@@H](O[C@H]6[C@H](O)[C@@H](O)[C@@H](O[C@H]7[C@H](O)[C@@H](O)[C@@H](O[C@H]8[C@H](O)[C@@H](O)[C@@H](O[C@@H]1[C@@H](OC)[C@H]2OC)O[C@@H]8CO)O[C@@H]7CO)O[C@@H]6CO)O[C@@H]5CO)O[C@@H]4CO)O[C@@H]3CO. The second kappa shape index (κ2) is 28.0. The normalized spacial score (nSPS) is 53.7. The minimum absolute atomic E-state index is 0.332. The summed E-state index contributed by atoms with van der Waals surface area (Å²) in [6.45, 7) is -6.32. The second-order valence-corrected chi connectivity index (χ2v) is 20.3. The monoisotopic (exact) mass is 1180 g/mol. The van der Waals surface area contributed by atoms with Gasteiger partial charge in [0.2, 0.25) is 0 Å². The number of methoxy groups -OCH3 is 3. The van der Waals surface area contributed by atoms with Crippen LogP contribution in [0.25, 0.3) is 0 Å². The molecule has 14 bridgehead atoms. The lowest BCUT2D eigenvalue weighted by molar-refractivity contribution is -0.398. The van der Waals surface area contributed by atoms with Gasteiger partial charge in [0.15, 0.2) is 44.0 Å². The van der Waals surface area contributed by atoms with E-state index in [-0.39, 0.29) is 6.61 Å². The molecular formula is C45H76O35. The minimum atomic E-state index is -2.19. The molecule has 0 unspecified atom stereocenters. The summed E-state index contributed by atoms with van der Waals surface area (Å²) in [6, 6.07) is 0. The van der Waals surface area contributed by atoms with E-state index in [1.807, 2.05) is 0 Å². The number of ether oxygens (including phenoxy) is 17. The number of aliphatic hydroxyl groups is 18. The van der Waals surface area contributed by atoms with Crippen molar-refractivity contribution in [1.29, 1.82) is 0 Å². The summed E-state index contributed by atoms with van der Waals surface area (Å²) in [4.78, 5) is 0. The van der Waals surface area contributed by atoms with Crippen molar-refractivity contribution in [3.05, 3.63) is 0 Å². The summed E-state index contributed by atoms with van der Waals surface area (Å²) in [6.07, 6.45) is -65.3. The molecule has 21 aliphatic rings. The predicted octanol–water partition coefficient (Wildman–Crippen LogP) is -13.3. The first-order valence-corrected chi connectivity index (χ1v) is 25.8. The van der Waals surface area contributed by atoms with Gasteiger partial charge in [-0.3, -0.25) is 0 Å². The average molecular weight is 1180 g/mol. The van der Waals surface area contributed by atoms with Gasteiger partial charge in [-0.2, -0.15) is 0 Å². The van der Waals surface area contributed by atoms with E-state index in [9.17, 15) is 91.9 Å².